The molecule has 1 heterocycles. The standard InChI is InChI=1S/C16H27N3/c1-18(11-7-15-5-3-2-4-6-15)16-8-12-19(13-9-16)14-10-17/h2-6,16H,7-14,17H2,1H3. The Kier molecular flexibility index (Phi) is 5.83. The molecule has 0 spiro atoms. The number of nitrogens with zero attached hydrogens (tertiary/aromatic N) is 2. The Balaban J connectivity index is 1.71. The summed E-state index contributed by atoms with van der Waals surface area (Å²) < 4.78 is 0. The number of hydrogen-bond donors (Lipinski definition) is 1. The molecule has 0 saturated carbocycles. The van der Waals surface area contributed by atoms with Crippen molar-refractivity contribution in [2.75, 3.05) is 39.8 Å². The van der Waals surface area contributed by atoms with Crippen LogP contribution >= 0.6 is 0 Å². The zero-order valence-electron chi connectivity index (χ0n) is 12.1. The Labute approximate surface area is 117 Å². The van der Waals surface area contributed by atoms with E-state index in [0.717, 1.165) is 32.1 Å². The molecule has 1 fully saturated rings. The molecule has 2 N–H and O–H groups in total. The van der Waals surface area contributed by atoms with Gasteiger partial charge in [-0.3, -0.25) is 0 Å². The van der Waals surface area contributed by atoms with Gasteiger partial charge in [0, 0.05) is 25.7 Å². The summed E-state index contributed by atoms with van der Waals surface area (Å²) in [5.41, 5.74) is 7.05. The van der Waals surface area contributed by atoms with Crippen molar-refractivity contribution in [1.29, 1.82) is 0 Å². The van der Waals surface area contributed by atoms with Crippen molar-refractivity contribution in [3.63, 3.8) is 0 Å². The third kappa shape index (κ3) is 4.60. The van der Waals surface area contributed by atoms with Gasteiger partial charge in [0.25, 0.3) is 0 Å². The average Bonchev–Trinajstić information content (AvgIpc) is 2.47. The van der Waals surface area contributed by atoms with E-state index in [-0.39, 0.29) is 0 Å². The lowest BCUT2D eigenvalue weighted by atomic mass is 10.0. The van der Waals surface area contributed by atoms with Crippen molar-refractivity contribution in [2.24, 2.45) is 5.73 Å². The highest BCUT2D eigenvalue weighted by Crippen LogP contribution is 2.15. The number of nitrogens with two attached hydrogens (primary N) is 1. The molecule has 1 aliphatic rings. The SMILES string of the molecule is CN(CCc1ccccc1)C1CCN(CCN)CC1. The summed E-state index contributed by atoms with van der Waals surface area (Å²) in [7, 11) is 2.27. The van der Waals surface area contributed by atoms with Crippen molar-refractivity contribution in [1.82, 2.24) is 9.80 Å². The normalized spacial score (nSPS) is 18.1. The lowest BCUT2D eigenvalue weighted by Gasteiger charge is -2.36. The molecule has 2 rings (SSSR count). The van der Waals surface area contributed by atoms with E-state index in [2.05, 4.69) is 47.2 Å². The van der Waals surface area contributed by atoms with Gasteiger partial charge in [-0.2, -0.15) is 0 Å². The van der Waals surface area contributed by atoms with Crippen molar-refractivity contribution in [2.45, 2.75) is 25.3 Å². The fraction of sp³-hybridized carbons (Fsp3) is 0.625. The lowest BCUT2D eigenvalue weighted by Crippen LogP contribution is -2.45. The monoisotopic (exact) mass is 261 g/mol. The van der Waals surface area contributed by atoms with Gasteiger partial charge in [0.1, 0.15) is 0 Å². The van der Waals surface area contributed by atoms with Crippen LogP contribution in [0.4, 0.5) is 0 Å². The molecule has 0 bridgehead atoms. The van der Waals surface area contributed by atoms with Crippen LogP contribution in [0.25, 0.3) is 0 Å². The molecule has 1 aromatic rings. The summed E-state index contributed by atoms with van der Waals surface area (Å²) in [5, 5.41) is 0. The number of benzene rings is 1. The van der Waals surface area contributed by atoms with Crippen LogP contribution in [0.15, 0.2) is 30.3 Å². The Bertz CT molecular complexity index is 344. The van der Waals surface area contributed by atoms with Gasteiger partial charge in [-0.1, -0.05) is 30.3 Å². The maximum atomic E-state index is 5.61. The molecular weight excluding hydrogens is 234 g/mol. The van der Waals surface area contributed by atoms with Crippen molar-refractivity contribution < 1.29 is 0 Å². The smallest absolute Gasteiger partial charge is 0.0117 e. The second kappa shape index (κ2) is 7.63. The van der Waals surface area contributed by atoms with Crippen LogP contribution in [0.1, 0.15) is 18.4 Å². The summed E-state index contributed by atoms with van der Waals surface area (Å²) in [6.45, 7) is 5.41. The molecule has 1 aliphatic heterocycles. The summed E-state index contributed by atoms with van der Waals surface area (Å²) >= 11 is 0. The highest BCUT2D eigenvalue weighted by atomic mass is 15.2. The van der Waals surface area contributed by atoms with E-state index in [9.17, 15) is 0 Å². The van der Waals surface area contributed by atoms with Crippen LogP contribution in [-0.4, -0.2) is 55.6 Å². The van der Waals surface area contributed by atoms with Crippen molar-refractivity contribution in [3.8, 4) is 0 Å². The van der Waals surface area contributed by atoms with E-state index < -0.39 is 0 Å². The molecule has 0 aromatic heterocycles. The molecule has 3 nitrogen and oxygen atoms in total. The van der Waals surface area contributed by atoms with Gasteiger partial charge >= 0.3 is 0 Å². The van der Waals surface area contributed by atoms with Crippen LogP contribution in [0.3, 0.4) is 0 Å². The molecular formula is C16H27N3. The largest absolute Gasteiger partial charge is 0.329 e. The molecule has 0 amide bonds. The Morgan fingerprint density at radius 1 is 1.21 bits per heavy atom. The first-order valence-corrected chi connectivity index (χ1v) is 7.46. The predicted octanol–water partition coefficient (Wildman–Crippen LogP) is 1.58. The first-order valence-electron chi connectivity index (χ1n) is 7.46. The molecule has 0 unspecified atom stereocenters. The molecule has 0 radical (unpaired) electrons. The third-order valence-corrected chi connectivity index (χ3v) is 4.22. The topological polar surface area (TPSA) is 32.5 Å². The molecule has 1 saturated heterocycles. The third-order valence-electron chi connectivity index (χ3n) is 4.22. The summed E-state index contributed by atoms with van der Waals surface area (Å²) in [6.07, 6.45) is 3.72. The van der Waals surface area contributed by atoms with Gasteiger partial charge < -0.3 is 15.5 Å². The molecule has 19 heavy (non-hydrogen) atoms. The second-order valence-corrected chi connectivity index (χ2v) is 5.58. The number of rotatable bonds is 6. The van der Waals surface area contributed by atoms with E-state index in [1.165, 1.54) is 31.5 Å². The maximum Gasteiger partial charge on any atom is 0.0117 e. The van der Waals surface area contributed by atoms with Crippen molar-refractivity contribution in [3.05, 3.63) is 35.9 Å². The van der Waals surface area contributed by atoms with Crippen molar-refractivity contribution >= 4 is 0 Å². The number of likely N-dealkylation sites (tertiary alicyclic amines) is 1. The minimum atomic E-state index is 0.748. The summed E-state index contributed by atoms with van der Waals surface area (Å²) in [6, 6.07) is 11.5. The fourth-order valence-corrected chi connectivity index (χ4v) is 2.90. The molecule has 0 atom stereocenters. The Morgan fingerprint density at radius 2 is 1.89 bits per heavy atom. The van der Waals surface area contributed by atoms with Crippen LogP contribution < -0.4 is 5.73 Å². The lowest BCUT2D eigenvalue weighted by molar-refractivity contribution is 0.131. The number of likely N-dealkylation sites (N-methyl/N-ethyl adjacent to an activating group) is 1. The quantitative estimate of drug-likeness (QED) is 0.844. The highest BCUT2D eigenvalue weighted by molar-refractivity contribution is 5.14. The van der Waals surface area contributed by atoms with E-state index in [1.54, 1.807) is 0 Å². The zero-order valence-corrected chi connectivity index (χ0v) is 12.1. The summed E-state index contributed by atoms with van der Waals surface area (Å²) in [4.78, 5) is 5.02. The average molecular weight is 261 g/mol. The van der Waals surface area contributed by atoms with Gasteiger partial charge in [0.15, 0.2) is 0 Å². The molecule has 3 heteroatoms. The summed E-state index contributed by atoms with van der Waals surface area (Å²) in [5.74, 6) is 0. The van der Waals surface area contributed by atoms with E-state index in [1.807, 2.05) is 0 Å². The van der Waals surface area contributed by atoms with Gasteiger partial charge in [0.2, 0.25) is 0 Å². The molecule has 0 aliphatic carbocycles. The van der Waals surface area contributed by atoms with E-state index >= 15 is 0 Å². The van der Waals surface area contributed by atoms with Gasteiger partial charge in [-0.15, -0.1) is 0 Å². The van der Waals surface area contributed by atoms with Gasteiger partial charge in [0.05, 0.1) is 0 Å². The van der Waals surface area contributed by atoms with Crippen LogP contribution in [0.5, 0.6) is 0 Å². The van der Waals surface area contributed by atoms with Crippen LogP contribution in [-0.2, 0) is 6.42 Å². The Morgan fingerprint density at radius 3 is 2.53 bits per heavy atom. The second-order valence-electron chi connectivity index (χ2n) is 5.58. The van der Waals surface area contributed by atoms with Crippen LogP contribution in [0, 0.1) is 0 Å². The van der Waals surface area contributed by atoms with Crippen LogP contribution in [0.2, 0.25) is 0 Å². The van der Waals surface area contributed by atoms with Gasteiger partial charge in [-0.25, -0.2) is 0 Å². The van der Waals surface area contributed by atoms with Gasteiger partial charge in [-0.05, 0) is 45.0 Å². The Hall–Kier alpha value is -0.900. The number of piperidine rings is 1. The minimum absolute atomic E-state index is 0.748. The first-order chi connectivity index (χ1) is 9.29. The fourth-order valence-electron chi connectivity index (χ4n) is 2.90. The highest BCUT2D eigenvalue weighted by Gasteiger charge is 2.21. The van der Waals surface area contributed by atoms with E-state index in [4.69, 9.17) is 5.73 Å². The minimum Gasteiger partial charge on any atom is -0.329 e. The molecule has 1 aromatic carbocycles. The molecule has 106 valence electrons. The number of hydrogen-bond acceptors (Lipinski definition) is 3. The predicted molar refractivity (Wildman–Crippen MR) is 81.3 cm³/mol. The maximum absolute atomic E-state index is 5.61. The van der Waals surface area contributed by atoms with E-state index in [0.29, 0.717) is 0 Å². The zero-order chi connectivity index (χ0) is 13.5. The first kappa shape index (κ1) is 14.5.